The largest absolute Gasteiger partial charge is 0.489 e. The van der Waals surface area contributed by atoms with Crippen molar-refractivity contribution >= 4 is 17.6 Å². The average Bonchev–Trinajstić information content (AvgIpc) is 3.17. The molecule has 4 aromatic rings. The monoisotopic (exact) mass is 519 g/mol. The third-order valence-corrected chi connectivity index (χ3v) is 6.65. The topological polar surface area (TPSA) is 86.4 Å². The Hall–Kier alpha value is -3.84. The number of halogens is 1. The molecule has 7 nitrogen and oxygen atoms in total. The maximum Gasteiger partial charge on any atom is 0.346 e. The summed E-state index contributed by atoms with van der Waals surface area (Å²) in [5.74, 6) is 0.376. The van der Waals surface area contributed by atoms with Gasteiger partial charge in [0, 0.05) is 12.0 Å². The smallest absolute Gasteiger partial charge is 0.346 e. The lowest BCUT2D eigenvalue weighted by atomic mass is 10.1. The fraction of sp³-hybridized carbons (Fsp3) is 0.276. The van der Waals surface area contributed by atoms with Crippen LogP contribution in [0.15, 0.2) is 71.5 Å². The molecule has 0 radical (unpaired) electrons. The maximum atomic E-state index is 13.3. The second-order valence-electron chi connectivity index (χ2n) is 9.00. The Kier molecular flexibility index (Phi) is 8.46. The van der Waals surface area contributed by atoms with Crippen molar-refractivity contribution in [2.45, 2.75) is 52.8 Å². The highest BCUT2D eigenvalue weighted by Crippen LogP contribution is 2.25. The fourth-order valence-corrected chi connectivity index (χ4v) is 4.45. The minimum absolute atomic E-state index is 0.0481. The highest BCUT2D eigenvalue weighted by molar-refractivity contribution is 6.34. The van der Waals surface area contributed by atoms with Crippen molar-refractivity contribution in [1.82, 2.24) is 14.3 Å². The molecule has 0 unspecified atom stereocenters. The van der Waals surface area contributed by atoms with Crippen LogP contribution in [-0.4, -0.2) is 25.4 Å². The van der Waals surface area contributed by atoms with Crippen LogP contribution in [0.1, 0.15) is 58.2 Å². The molecule has 0 bridgehead atoms. The van der Waals surface area contributed by atoms with Crippen LogP contribution in [0.5, 0.6) is 5.75 Å². The highest BCUT2D eigenvalue weighted by atomic mass is 35.5. The lowest BCUT2D eigenvalue weighted by molar-refractivity contribution is 0.0697. The molecule has 0 saturated carbocycles. The molecule has 0 amide bonds. The zero-order valence-electron chi connectivity index (χ0n) is 21.0. The summed E-state index contributed by atoms with van der Waals surface area (Å²) in [4.78, 5) is 24.6. The molecule has 37 heavy (non-hydrogen) atoms. The van der Waals surface area contributed by atoms with Gasteiger partial charge in [0.1, 0.15) is 18.2 Å². The molecule has 1 aromatic heterocycles. The van der Waals surface area contributed by atoms with Gasteiger partial charge in [0.25, 0.3) is 0 Å². The van der Waals surface area contributed by atoms with E-state index >= 15 is 0 Å². The summed E-state index contributed by atoms with van der Waals surface area (Å²) in [5.41, 5.74) is 3.43. The fourth-order valence-electron chi connectivity index (χ4n) is 4.19. The van der Waals surface area contributed by atoms with Crippen molar-refractivity contribution in [2.75, 3.05) is 0 Å². The van der Waals surface area contributed by atoms with Gasteiger partial charge < -0.3 is 9.84 Å². The minimum Gasteiger partial charge on any atom is -0.489 e. The first-order valence-electron chi connectivity index (χ1n) is 12.3. The predicted octanol–water partition coefficient (Wildman–Crippen LogP) is 5.72. The van der Waals surface area contributed by atoms with Gasteiger partial charge in [-0.25, -0.2) is 14.3 Å². The second kappa shape index (κ2) is 11.9. The van der Waals surface area contributed by atoms with Gasteiger partial charge >= 0.3 is 11.7 Å². The number of carbonyl (C=O) groups is 1. The number of aryl methyl sites for hydroxylation is 2. The van der Waals surface area contributed by atoms with E-state index in [1.165, 1.54) is 6.07 Å². The predicted molar refractivity (Wildman–Crippen MR) is 144 cm³/mol. The third kappa shape index (κ3) is 6.30. The van der Waals surface area contributed by atoms with Crippen LogP contribution in [0, 0.1) is 6.92 Å². The number of carboxylic acid groups (broad SMARTS) is 1. The van der Waals surface area contributed by atoms with Gasteiger partial charge in [-0.2, -0.15) is 5.10 Å². The van der Waals surface area contributed by atoms with Crippen LogP contribution in [0.2, 0.25) is 5.02 Å². The Bertz CT molecular complexity index is 1440. The van der Waals surface area contributed by atoms with Crippen LogP contribution < -0.4 is 10.4 Å². The maximum absolute atomic E-state index is 13.3. The number of unbranched alkanes of at least 4 members (excludes halogenated alkanes) is 1. The SMILES string of the molecule is CCCCc1nn(Cc2ccccc2)c(=O)n1Cc1ccc(OCc2cccc(C(=O)O)c2Cl)c(C)c1. The van der Waals surface area contributed by atoms with Crippen LogP contribution >= 0.6 is 11.6 Å². The molecule has 0 saturated heterocycles. The number of rotatable bonds is 11. The summed E-state index contributed by atoms with van der Waals surface area (Å²) >= 11 is 6.24. The zero-order valence-corrected chi connectivity index (χ0v) is 21.7. The normalized spacial score (nSPS) is 11.0. The standard InChI is InChI=1S/C29H30ClN3O4/c1-3-4-13-26-31-33(18-21-9-6-5-7-10-21)29(36)32(26)17-22-14-15-25(20(2)16-22)37-19-23-11-8-12-24(27(23)30)28(34)35/h5-12,14-16H,3-4,13,17-19H2,1-2H3,(H,34,35). The number of ether oxygens (including phenoxy) is 1. The summed E-state index contributed by atoms with van der Waals surface area (Å²) in [6.07, 6.45) is 2.72. The molecule has 0 aliphatic rings. The Morgan fingerprint density at radius 1 is 1.03 bits per heavy atom. The lowest BCUT2D eigenvalue weighted by Gasteiger charge is -2.13. The van der Waals surface area contributed by atoms with Gasteiger partial charge in [0.05, 0.1) is 23.7 Å². The molecule has 0 fully saturated rings. The minimum atomic E-state index is -1.08. The van der Waals surface area contributed by atoms with Gasteiger partial charge in [-0.05, 0) is 42.2 Å². The first-order chi connectivity index (χ1) is 17.9. The van der Waals surface area contributed by atoms with E-state index in [0.29, 0.717) is 24.4 Å². The van der Waals surface area contributed by atoms with Crippen LogP contribution in [0.4, 0.5) is 0 Å². The molecular formula is C29H30ClN3O4. The van der Waals surface area contributed by atoms with E-state index < -0.39 is 5.97 Å². The number of nitrogens with zero attached hydrogens (tertiary/aromatic N) is 3. The van der Waals surface area contributed by atoms with Crippen LogP contribution in [0.25, 0.3) is 0 Å². The molecule has 0 aliphatic heterocycles. The quantitative estimate of drug-likeness (QED) is 0.274. The van der Waals surface area contributed by atoms with E-state index in [2.05, 4.69) is 12.0 Å². The molecular weight excluding hydrogens is 490 g/mol. The lowest BCUT2D eigenvalue weighted by Crippen LogP contribution is -2.26. The molecule has 1 heterocycles. The molecule has 4 rings (SSSR count). The van der Waals surface area contributed by atoms with Crippen molar-refractivity contribution < 1.29 is 14.6 Å². The number of hydrogen-bond acceptors (Lipinski definition) is 4. The Labute approximate surface area is 220 Å². The Morgan fingerprint density at radius 3 is 2.51 bits per heavy atom. The van der Waals surface area contributed by atoms with Crippen molar-refractivity contribution in [2.24, 2.45) is 0 Å². The Morgan fingerprint density at radius 2 is 1.81 bits per heavy atom. The van der Waals surface area contributed by atoms with E-state index in [-0.39, 0.29) is 22.9 Å². The van der Waals surface area contributed by atoms with Crippen molar-refractivity contribution in [3.8, 4) is 5.75 Å². The van der Waals surface area contributed by atoms with Crippen molar-refractivity contribution in [3.63, 3.8) is 0 Å². The third-order valence-electron chi connectivity index (χ3n) is 6.20. The second-order valence-corrected chi connectivity index (χ2v) is 9.38. The van der Waals surface area contributed by atoms with Crippen molar-refractivity contribution in [1.29, 1.82) is 0 Å². The molecule has 0 aliphatic carbocycles. The van der Waals surface area contributed by atoms with Crippen LogP contribution in [0.3, 0.4) is 0 Å². The molecule has 8 heteroatoms. The van der Waals surface area contributed by atoms with E-state index in [9.17, 15) is 14.7 Å². The summed E-state index contributed by atoms with van der Waals surface area (Å²) in [5, 5.41) is 14.1. The highest BCUT2D eigenvalue weighted by Gasteiger charge is 2.15. The van der Waals surface area contributed by atoms with Gasteiger partial charge in [-0.3, -0.25) is 4.57 Å². The zero-order chi connectivity index (χ0) is 26.4. The first-order valence-corrected chi connectivity index (χ1v) is 12.7. The molecule has 0 spiro atoms. The number of aromatic carboxylic acids is 1. The number of hydrogen-bond donors (Lipinski definition) is 1. The van der Waals surface area contributed by atoms with Crippen molar-refractivity contribution in [3.05, 3.63) is 116 Å². The van der Waals surface area contributed by atoms with E-state index in [1.54, 1.807) is 21.4 Å². The van der Waals surface area contributed by atoms with Crippen LogP contribution in [-0.2, 0) is 26.1 Å². The summed E-state index contributed by atoms with van der Waals surface area (Å²) < 4.78 is 9.25. The van der Waals surface area contributed by atoms with E-state index in [1.807, 2.05) is 55.5 Å². The molecule has 3 aromatic carbocycles. The summed E-state index contributed by atoms with van der Waals surface area (Å²) in [6, 6.07) is 20.5. The summed E-state index contributed by atoms with van der Waals surface area (Å²) in [6.45, 7) is 5.06. The molecule has 1 N–H and O–H groups in total. The van der Waals surface area contributed by atoms with Gasteiger partial charge in [-0.15, -0.1) is 0 Å². The van der Waals surface area contributed by atoms with Gasteiger partial charge in [-0.1, -0.05) is 79.5 Å². The van der Waals surface area contributed by atoms with Gasteiger partial charge in [0.15, 0.2) is 0 Å². The number of benzene rings is 3. The van der Waals surface area contributed by atoms with E-state index in [0.717, 1.165) is 41.8 Å². The number of carboxylic acids is 1. The Balaban J connectivity index is 1.52. The first kappa shape index (κ1) is 26.2. The summed E-state index contributed by atoms with van der Waals surface area (Å²) in [7, 11) is 0. The average molecular weight is 520 g/mol. The van der Waals surface area contributed by atoms with Gasteiger partial charge in [0.2, 0.25) is 0 Å². The van der Waals surface area contributed by atoms with E-state index in [4.69, 9.17) is 16.3 Å². The molecule has 0 atom stereocenters. The number of aromatic nitrogens is 3. The molecule has 192 valence electrons.